The van der Waals surface area contributed by atoms with Gasteiger partial charge in [0.25, 0.3) is 0 Å². The van der Waals surface area contributed by atoms with Gasteiger partial charge in [0.2, 0.25) is 0 Å². The molecule has 0 spiro atoms. The molecule has 0 N–H and O–H groups in total. The van der Waals surface area contributed by atoms with Crippen molar-refractivity contribution in [3.63, 3.8) is 0 Å². The molecular weight excluding hydrogens is 276 g/mol. The van der Waals surface area contributed by atoms with E-state index in [0.29, 0.717) is 0 Å². The minimum absolute atomic E-state index is 0.145. The van der Waals surface area contributed by atoms with Crippen LogP contribution in [0.3, 0.4) is 0 Å². The Bertz CT molecular complexity index is 761. The number of rotatable bonds is 1. The van der Waals surface area contributed by atoms with Crippen LogP contribution in [0.25, 0.3) is 11.6 Å². The predicted molar refractivity (Wildman–Crippen MR) is 102 cm³/mol. The molecule has 0 heterocycles. The van der Waals surface area contributed by atoms with Gasteiger partial charge in [0.15, 0.2) is 0 Å². The fraction of sp³-hybridized carbons (Fsp3) is 0.391. The van der Waals surface area contributed by atoms with E-state index in [1.807, 2.05) is 0 Å². The first-order chi connectivity index (χ1) is 10.7. The van der Waals surface area contributed by atoms with Gasteiger partial charge in [-0.05, 0) is 50.6 Å². The Morgan fingerprint density at radius 3 is 2.09 bits per heavy atom. The van der Waals surface area contributed by atoms with Crippen molar-refractivity contribution in [1.82, 2.24) is 0 Å². The van der Waals surface area contributed by atoms with E-state index in [1.54, 1.807) is 0 Å². The molecule has 0 nitrogen and oxygen atoms in total. The Kier molecular flexibility index (Phi) is 3.75. The van der Waals surface area contributed by atoms with Crippen LogP contribution in [0.4, 0.5) is 0 Å². The van der Waals surface area contributed by atoms with Gasteiger partial charge in [-0.2, -0.15) is 0 Å². The lowest BCUT2D eigenvalue weighted by Crippen LogP contribution is -2.18. The monoisotopic (exact) mass is 304 g/mol. The third-order valence-corrected chi connectivity index (χ3v) is 4.81. The fourth-order valence-corrected chi connectivity index (χ4v) is 3.36. The highest BCUT2D eigenvalue weighted by Gasteiger charge is 2.25. The van der Waals surface area contributed by atoms with E-state index in [0.717, 1.165) is 6.42 Å². The van der Waals surface area contributed by atoms with Crippen LogP contribution in [0, 0.1) is 0 Å². The van der Waals surface area contributed by atoms with Gasteiger partial charge in [-0.15, -0.1) is 0 Å². The molecule has 0 aliphatic heterocycles. The van der Waals surface area contributed by atoms with E-state index in [2.05, 4.69) is 90.1 Å². The molecule has 0 radical (unpaired) electrons. The minimum Gasteiger partial charge on any atom is -0.0619 e. The first-order valence-electron chi connectivity index (χ1n) is 8.60. The summed E-state index contributed by atoms with van der Waals surface area (Å²) in [6, 6.07) is 15.8. The summed E-state index contributed by atoms with van der Waals surface area (Å²) in [7, 11) is 0. The second kappa shape index (κ2) is 5.37. The van der Waals surface area contributed by atoms with E-state index in [9.17, 15) is 0 Å². The van der Waals surface area contributed by atoms with Gasteiger partial charge in [-0.25, -0.2) is 0 Å². The topological polar surface area (TPSA) is 0 Å². The lowest BCUT2D eigenvalue weighted by molar-refractivity contribution is 0.567. The molecule has 3 rings (SSSR count). The zero-order valence-electron chi connectivity index (χ0n) is 15.3. The van der Waals surface area contributed by atoms with Crippen molar-refractivity contribution in [2.45, 2.75) is 58.8 Å². The van der Waals surface area contributed by atoms with Gasteiger partial charge in [0, 0.05) is 0 Å². The predicted octanol–water partition coefficient (Wildman–Crippen LogP) is 6.38. The number of allylic oxidation sites excluding steroid dienone is 1. The molecule has 2 aromatic rings. The third-order valence-electron chi connectivity index (χ3n) is 4.81. The summed E-state index contributed by atoms with van der Waals surface area (Å²) in [5.74, 6) is 0. The summed E-state index contributed by atoms with van der Waals surface area (Å²) in [5.41, 5.74) is 8.91. The Morgan fingerprint density at radius 1 is 0.783 bits per heavy atom. The standard InChI is InChI=1S/C23H28/c1-22(2,3)19-11-12-20(21(15-19)23(4,5)6)18-13-16-9-7-8-10-17(16)14-18/h7-13,15H,14H2,1-6H3. The molecule has 120 valence electrons. The normalized spacial score (nSPS) is 14.6. The van der Waals surface area contributed by atoms with Crippen molar-refractivity contribution in [3.05, 3.63) is 70.3 Å². The second-order valence-corrected chi connectivity index (χ2v) is 8.81. The van der Waals surface area contributed by atoms with Gasteiger partial charge >= 0.3 is 0 Å². The highest BCUT2D eigenvalue weighted by Crippen LogP contribution is 2.39. The summed E-state index contributed by atoms with van der Waals surface area (Å²) in [5, 5.41) is 0. The van der Waals surface area contributed by atoms with E-state index in [1.165, 1.54) is 33.4 Å². The molecule has 0 aromatic heterocycles. The van der Waals surface area contributed by atoms with Gasteiger partial charge < -0.3 is 0 Å². The van der Waals surface area contributed by atoms with Crippen molar-refractivity contribution >= 4 is 11.6 Å². The smallest absolute Gasteiger partial charge is 0.00136 e. The Hall–Kier alpha value is -1.82. The average Bonchev–Trinajstić information content (AvgIpc) is 2.88. The van der Waals surface area contributed by atoms with Crippen LogP contribution in [0.2, 0.25) is 0 Å². The van der Waals surface area contributed by atoms with Gasteiger partial charge in [-0.3, -0.25) is 0 Å². The molecule has 0 bridgehead atoms. The Labute approximate surface area is 141 Å². The molecule has 2 aromatic carbocycles. The number of hydrogen-bond donors (Lipinski definition) is 0. The van der Waals surface area contributed by atoms with Crippen LogP contribution in [-0.2, 0) is 17.3 Å². The molecule has 23 heavy (non-hydrogen) atoms. The van der Waals surface area contributed by atoms with Crippen LogP contribution >= 0.6 is 0 Å². The molecule has 1 aliphatic carbocycles. The lowest BCUT2D eigenvalue weighted by Gasteiger charge is -2.28. The summed E-state index contributed by atoms with van der Waals surface area (Å²) in [6.07, 6.45) is 3.42. The minimum atomic E-state index is 0.145. The molecule has 0 atom stereocenters. The maximum atomic E-state index is 2.43. The average molecular weight is 304 g/mol. The van der Waals surface area contributed by atoms with Crippen LogP contribution in [0.1, 0.15) is 69.4 Å². The second-order valence-electron chi connectivity index (χ2n) is 8.81. The highest BCUT2D eigenvalue weighted by atomic mass is 14.3. The third kappa shape index (κ3) is 3.13. The van der Waals surface area contributed by atoms with Crippen LogP contribution < -0.4 is 0 Å². The molecule has 0 saturated heterocycles. The fourth-order valence-electron chi connectivity index (χ4n) is 3.36. The Morgan fingerprint density at radius 2 is 1.48 bits per heavy atom. The maximum absolute atomic E-state index is 2.43. The molecule has 0 saturated carbocycles. The van der Waals surface area contributed by atoms with Crippen molar-refractivity contribution in [2.24, 2.45) is 0 Å². The van der Waals surface area contributed by atoms with Crippen LogP contribution in [0.5, 0.6) is 0 Å². The molecule has 0 fully saturated rings. The van der Waals surface area contributed by atoms with E-state index in [-0.39, 0.29) is 10.8 Å². The van der Waals surface area contributed by atoms with Crippen molar-refractivity contribution in [2.75, 3.05) is 0 Å². The maximum Gasteiger partial charge on any atom is -0.00136 e. The number of hydrogen-bond acceptors (Lipinski definition) is 0. The van der Waals surface area contributed by atoms with E-state index >= 15 is 0 Å². The van der Waals surface area contributed by atoms with Gasteiger partial charge in [-0.1, -0.05) is 90.1 Å². The van der Waals surface area contributed by atoms with E-state index in [4.69, 9.17) is 0 Å². The largest absolute Gasteiger partial charge is 0.0619 e. The van der Waals surface area contributed by atoms with Crippen molar-refractivity contribution in [3.8, 4) is 0 Å². The first-order valence-corrected chi connectivity index (χ1v) is 8.60. The molecule has 0 unspecified atom stereocenters. The molecule has 0 heteroatoms. The van der Waals surface area contributed by atoms with Gasteiger partial charge in [0.05, 0.1) is 0 Å². The first kappa shape index (κ1) is 16.1. The lowest BCUT2D eigenvalue weighted by atomic mass is 9.77. The summed E-state index contributed by atoms with van der Waals surface area (Å²) in [4.78, 5) is 0. The number of fused-ring (bicyclic) bond motifs is 1. The number of benzene rings is 2. The van der Waals surface area contributed by atoms with Crippen molar-refractivity contribution in [1.29, 1.82) is 0 Å². The quantitative estimate of drug-likeness (QED) is 0.573. The highest BCUT2D eigenvalue weighted by molar-refractivity contribution is 5.89. The van der Waals surface area contributed by atoms with Crippen LogP contribution in [-0.4, -0.2) is 0 Å². The SMILES string of the molecule is CC(C)(C)c1ccc(C2=Cc3ccccc3C2)c(C(C)(C)C)c1. The zero-order valence-corrected chi connectivity index (χ0v) is 15.3. The van der Waals surface area contributed by atoms with Gasteiger partial charge in [0.1, 0.15) is 0 Å². The zero-order chi connectivity index (χ0) is 16.8. The summed E-state index contributed by atoms with van der Waals surface area (Å²) < 4.78 is 0. The molecule has 0 amide bonds. The van der Waals surface area contributed by atoms with E-state index < -0.39 is 0 Å². The van der Waals surface area contributed by atoms with Crippen LogP contribution in [0.15, 0.2) is 42.5 Å². The summed E-state index contributed by atoms with van der Waals surface area (Å²) in [6.45, 7) is 13.8. The molecular formula is C23H28. The van der Waals surface area contributed by atoms with Crippen molar-refractivity contribution < 1.29 is 0 Å². The Balaban J connectivity index is 2.11. The molecule has 1 aliphatic rings. The summed E-state index contributed by atoms with van der Waals surface area (Å²) >= 11 is 0.